The van der Waals surface area contributed by atoms with E-state index in [0.717, 1.165) is 22.3 Å². The first-order valence-corrected chi connectivity index (χ1v) is 9.25. The van der Waals surface area contributed by atoms with Crippen molar-refractivity contribution in [1.29, 1.82) is 0 Å². The van der Waals surface area contributed by atoms with Gasteiger partial charge in [-0.25, -0.2) is 0 Å². The summed E-state index contributed by atoms with van der Waals surface area (Å²) in [5.41, 5.74) is 1.98. The quantitative estimate of drug-likeness (QED) is 0.840. The van der Waals surface area contributed by atoms with Crippen molar-refractivity contribution in [3.63, 3.8) is 0 Å². The Balaban J connectivity index is 1.64. The zero-order valence-corrected chi connectivity index (χ0v) is 15.0. The first kappa shape index (κ1) is 15.7. The van der Waals surface area contributed by atoms with Crippen LogP contribution in [0.3, 0.4) is 0 Å². The highest BCUT2D eigenvalue weighted by molar-refractivity contribution is 9.10. The van der Waals surface area contributed by atoms with Crippen molar-refractivity contribution in [2.75, 3.05) is 18.4 Å². The summed E-state index contributed by atoms with van der Waals surface area (Å²) in [6, 6.07) is 10.7. The number of rotatable bonds is 4. The minimum Gasteiger partial charge on any atom is -0.321 e. The third-order valence-corrected chi connectivity index (χ3v) is 5.70. The van der Waals surface area contributed by atoms with E-state index in [1.54, 1.807) is 11.3 Å². The number of hydrogen-bond donors (Lipinski definition) is 2. The Morgan fingerprint density at radius 2 is 2.32 bits per heavy atom. The molecule has 3 rings (SSSR count). The minimum absolute atomic E-state index is 0.101. The van der Waals surface area contributed by atoms with Crippen LogP contribution in [-0.2, 0) is 4.79 Å². The lowest BCUT2D eigenvalue weighted by atomic mass is 10.2. The SMILES string of the molecule is Cc1cc(Br)ccc1NC(=O)C[NH+]1CCC[C@H]1c1cccs1. The molecule has 3 nitrogen and oxygen atoms in total. The fourth-order valence-electron chi connectivity index (χ4n) is 3.12. The maximum Gasteiger partial charge on any atom is 0.279 e. The number of halogens is 1. The molecular formula is C17H20BrN2OS+. The number of aryl methyl sites for hydroxylation is 1. The molecule has 0 aliphatic carbocycles. The molecule has 2 aromatic rings. The molecule has 5 heteroatoms. The molecule has 1 aromatic carbocycles. The Kier molecular flexibility index (Phi) is 4.96. The number of benzene rings is 1. The summed E-state index contributed by atoms with van der Waals surface area (Å²) in [4.78, 5) is 15.2. The van der Waals surface area contributed by atoms with Gasteiger partial charge in [0.1, 0.15) is 6.04 Å². The van der Waals surface area contributed by atoms with E-state index in [4.69, 9.17) is 0 Å². The lowest BCUT2D eigenvalue weighted by Gasteiger charge is -2.20. The predicted molar refractivity (Wildman–Crippen MR) is 94.5 cm³/mol. The lowest BCUT2D eigenvalue weighted by Crippen LogP contribution is -3.11. The number of hydrogen-bond acceptors (Lipinski definition) is 2. The second-order valence-electron chi connectivity index (χ2n) is 5.80. The number of carbonyl (C=O) groups excluding carboxylic acids is 1. The molecule has 2 heterocycles. The Morgan fingerprint density at radius 1 is 1.45 bits per heavy atom. The summed E-state index contributed by atoms with van der Waals surface area (Å²) in [6.45, 7) is 3.63. The molecule has 1 unspecified atom stereocenters. The van der Waals surface area contributed by atoms with Gasteiger partial charge in [-0.1, -0.05) is 22.0 Å². The van der Waals surface area contributed by atoms with Crippen LogP contribution in [0.1, 0.15) is 29.3 Å². The monoisotopic (exact) mass is 379 g/mol. The summed E-state index contributed by atoms with van der Waals surface area (Å²) in [6.07, 6.45) is 2.38. The number of thiophene rings is 1. The van der Waals surface area contributed by atoms with E-state index in [2.05, 4.69) is 38.8 Å². The van der Waals surface area contributed by atoms with E-state index in [0.29, 0.717) is 12.6 Å². The third-order valence-electron chi connectivity index (χ3n) is 4.22. The molecule has 0 saturated carbocycles. The smallest absolute Gasteiger partial charge is 0.279 e. The van der Waals surface area contributed by atoms with Crippen LogP contribution in [0.2, 0.25) is 0 Å². The highest BCUT2D eigenvalue weighted by Gasteiger charge is 2.32. The summed E-state index contributed by atoms with van der Waals surface area (Å²) in [7, 11) is 0. The van der Waals surface area contributed by atoms with Crippen LogP contribution in [0.15, 0.2) is 40.2 Å². The van der Waals surface area contributed by atoms with Gasteiger partial charge < -0.3 is 10.2 Å². The van der Waals surface area contributed by atoms with Crippen LogP contribution >= 0.6 is 27.3 Å². The van der Waals surface area contributed by atoms with E-state index < -0.39 is 0 Å². The van der Waals surface area contributed by atoms with Crippen LogP contribution in [-0.4, -0.2) is 19.0 Å². The second-order valence-corrected chi connectivity index (χ2v) is 7.70. The van der Waals surface area contributed by atoms with Gasteiger partial charge in [0, 0.05) is 23.0 Å². The summed E-state index contributed by atoms with van der Waals surface area (Å²) in [5, 5.41) is 5.17. The van der Waals surface area contributed by atoms with Crippen molar-refractivity contribution in [2.24, 2.45) is 0 Å². The van der Waals surface area contributed by atoms with Crippen LogP contribution < -0.4 is 10.2 Å². The predicted octanol–water partition coefficient (Wildman–Crippen LogP) is 3.18. The first-order valence-electron chi connectivity index (χ1n) is 7.57. The Bertz CT molecular complexity index is 657. The topological polar surface area (TPSA) is 33.5 Å². The Morgan fingerprint density at radius 3 is 3.05 bits per heavy atom. The average Bonchev–Trinajstić information content (AvgIpc) is 3.12. The van der Waals surface area contributed by atoms with Gasteiger partial charge in [-0.3, -0.25) is 4.79 Å². The molecular weight excluding hydrogens is 360 g/mol. The summed E-state index contributed by atoms with van der Waals surface area (Å²) >= 11 is 5.25. The second kappa shape index (κ2) is 6.94. The van der Waals surface area contributed by atoms with E-state index in [9.17, 15) is 4.79 Å². The van der Waals surface area contributed by atoms with E-state index in [1.807, 2.05) is 25.1 Å². The standard InChI is InChI=1S/C17H19BrN2OS/c1-12-10-13(18)6-7-14(12)19-17(21)11-20-8-2-4-15(20)16-5-3-9-22-16/h3,5-7,9-10,15H,2,4,8,11H2,1H3,(H,19,21)/p+1/t15-/m0/s1. The van der Waals surface area contributed by atoms with Crippen LogP contribution in [0.5, 0.6) is 0 Å². The zero-order valence-electron chi connectivity index (χ0n) is 12.6. The van der Waals surface area contributed by atoms with Crippen molar-refractivity contribution in [2.45, 2.75) is 25.8 Å². The van der Waals surface area contributed by atoms with Crippen LogP contribution in [0.4, 0.5) is 5.69 Å². The zero-order chi connectivity index (χ0) is 15.5. The fourth-order valence-corrected chi connectivity index (χ4v) is 4.52. The van der Waals surface area contributed by atoms with Crippen LogP contribution in [0, 0.1) is 6.92 Å². The number of nitrogens with one attached hydrogen (secondary N) is 2. The number of amides is 1. The van der Waals surface area contributed by atoms with Crippen molar-refractivity contribution in [3.8, 4) is 0 Å². The van der Waals surface area contributed by atoms with Gasteiger partial charge in [0.2, 0.25) is 0 Å². The molecule has 0 radical (unpaired) electrons. The van der Waals surface area contributed by atoms with Gasteiger partial charge in [0.25, 0.3) is 5.91 Å². The van der Waals surface area contributed by atoms with Gasteiger partial charge in [0.05, 0.1) is 11.4 Å². The maximum absolute atomic E-state index is 12.4. The van der Waals surface area contributed by atoms with Crippen molar-refractivity contribution in [1.82, 2.24) is 0 Å². The molecule has 22 heavy (non-hydrogen) atoms. The third kappa shape index (κ3) is 3.59. The van der Waals surface area contributed by atoms with Crippen molar-refractivity contribution >= 4 is 38.9 Å². The van der Waals surface area contributed by atoms with Crippen molar-refractivity contribution < 1.29 is 9.69 Å². The molecule has 2 atom stereocenters. The minimum atomic E-state index is 0.101. The molecule has 1 fully saturated rings. The van der Waals surface area contributed by atoms with E-state index >= 15 is 0 Å². The normalized spacial score (nSPS) is 21.0. The van der Waals surface area contributed by atoms with Crippen molar-refractivity contribution in [3.05, 3.63) is 50.6 Å². The molecule has 1 aliphatic rings. The summed E-state index contributed by atoms with van der Waals surface area (Å²) < 4.78 is 1.03. The van der Waals surface area contributed by atoms with E-state index in [1.165, 1.54) is 22.6 Å². The van der Waals surface area contributed by atoms with Gasteiger partial charge in [-0.15, -0.1) is 11.3 Å². The van der Waals surface area contributed by atoms with E-state index in [-0.39, 0.29) is 5.91 Å². The van der Waals surface area contributed by atoms with Crippen LogP contribution in [0.25, 0.3) is 0 Å². The molecule has 0 spiro atoms. The van der Waals surface area contributed by atoms with Gasteiger partial charge in [-0.2, -0.15) is 0 Å². The molecule has 1 saturated heterocycles. The molecule has 116 valence electrons. The first-order chi connectivity index (χ1) is 10.6. The Hall–Kier alpha value is -1.17. The number of anilines is 1. The molecule has 1 amide bonds. The number of carbonyl (C=O) groups is 1. The fraction of sp³-hybridized carbons (Fsp3) is 0.353. The Labute approximate surface area is 143 Å². The molecule has 2 N–H and O–H groups in total. The van der Waals surface area contributed by atoms with Gasteiger partial charge in [0.15, 0.2) is 6.54 Å². The van der Waals surface area contributed by atoms with Gasteiger partial charge in [-0.05, 0) is 42.1 Å². The largest absolute Gasteiger partial charge is 0.321 e. The van der Waals surface area contributed by atoms with Gasteiger partial charge >= 0.3 is 0 Å². The number of likely N-dealkylation sites (tertiary alicyclic amines) is 1. The average molecular weight is 380 g/mol. The molecule has 1 aliphatic heterocycles. The lowest BCUT2D eigenvalue weighted by molar-refractivity contribution is -0.910. The highest BCUT2D eigenvalue weighted by Crippen LogP contribution is 2.23. The summed E-state index contributed by atoms with van der Waals surface area (Å²) in [5.74, 6) is 0.101. The number of quaternary nitrogens is 1. The molecule has 0 bridgehead atoms. The molecule has 1 aromatic heterocycles. The highest BCUT2D eigenvalue weighted by atomic mass is 79.9. The maximum atomic E-state index is 12.4.